The van der Waals surface area contributed by atoms with Gasteiger partial charge in [-0.25, -0.2) is 9.07 Å². The van der Waals surface area contributed by atoms with Gasteiger partial charge in [-0.05, 0) is 51.0 Å². The number of rotatable bonds is 2. The minimum Gasteiger partial charge on any atom is -0.339 e. The van der Waals surface area contributed by atoms with Crippen LogP contribution < -0.4 is 5.73 Å². The third-order valence-corrected chi connectivity index (χ3v) is 4.26. The van der Waals surface area contributed by atoms with Crippen molar-refractivity contribution >= 4 is 18.3 Å². The summed E-state index contributed by atoms with van der Waals surface area (Å²) in [6, 6.07) is 6.60. The molecule has 2 heterocycles. The third-order valence-electron chi connectivity index (χ3n) is 4.26. The average Bonchev–Trinajstić information content (AvgIpc) is 2.85. The lowest BCUT2D eigenvalue weighted by atomic mass is 10.0. The summed E-state index contributed by atoms with van der Waals surface area (Å²) >= 11 is 0. The Morgan fingerprint density at radius 2 is 1.92 bits per heavy atom. The molecule has 0 unspecified atom stereocenters. The summed E-state index contributed by atoms with van der Waals surface area (Å²) in [4.78, 5) is 14.2. The van der Waals surface area contributed by atoms with Crippen LogP contribution in [0.25, 0.3) is 5.69 Å². The van der Waals surface area contributed by atoms with E-state index in [1.807, 2.05) is 19.9 Å². The quantitative estimate of drug-likeness (QED) is 0.903. The Balaban J connectivity index is 0.00000208. The van der Waals surface area contributed by atoms with Crippen LogP contribution in [-0.4, -0.2) is 39.7 Å². The number of aromatic nitrogens is 2. The Morgan fingerprint density at radius 3 is 2.46 bits per heavy atom. The third kappa shape index (κ3) is 3.60. The van der Waals surface area contributed by atoms with Crippen molar-refractivity contribution in [2.75, 3.05) is 13.1 Å². The van der Waals surface area contributed by atoms with E-state index in [0.717, 1.165) is 24.2 Å². The Labute approximate surface area is 147 Å². The lowest BCUT2D eigenvalue weighted by molar-refractivity contribution is 0.0714. The number of hydrogen-bond donors (Lipinski definition) is 1. The van der Waals surface area contributed by atoms with Gasteiger partial charge in [-0.15, -0.1) is 12.4 Å². The fraction of sp³-hybridized carbons (Fsp3) is 0.412. The van der Waals surface area contributed by atoms with E-state index in [9.17, 15) is 9.18 Å². The zero-order valence-corrected chi connectivity index (χ0v) is 14.6. The number of amides is 1. The molecular formula is C17H22ClFN4O. The number of aryl methyl sites for hydroxylation is 2. The molecule has 1 amide bonds. The number of halogens is 2. The first-order chi connectivity index (χ1) is 11.0. The minimum atomic E-state index is -0.448. The summed E-state index contributed by atoms with van der Waals surface area (Å²) in [5.74, 6) is -0.591. The molecule has 0 bridgehead atoms. The van der Waals surface area contributed by atoms with Crippen molar-refractivity contribution in [1.29, 1.82) is 0 Å². The number of carbonyl (C=O) groups excluding carboxylic acids is 1. The van der Waals surface area contributed by atoms with Gasteiger partial charge >= 0.3 is 0 Å². The highest BCUT2D eigenvalue weighted by Crippen LogP contribution is 2.19. The molecule has 0 radical (unpaired) electrons. The molecule has 1 saturated heterocycles. The molecule has 7 heteroatoms. The van der Waals surface area contributed by atoms with Gasteiger partial charge in [-0.2, -0.15) is 5.10 Å². The number of likely N-dealkylation sites (tertiary alicyclic amines) is 1. The first kappa shape index (κ1) is 18.4. The average molecular weight is 353 g/mol. The van der Waals surface area contributed by atoms with Crippen molar-refractivity contribution in [2.45, 2.75) is 32.7 Å². The molecular weight excluding hydrogens is 331 g/mol. The smallest absolute Gasteiger partial charge is 0.253 e. The summed E-state index contributed by atoms with van der Waals surface area (Å²) in [7, 11) is 0. The maximum atomic E-state index is 14.5. The van der Waals surface area contributed by atoms with Gasteiger partial charge in [-0.1, -0.05) is 0 Å². The second kappa shape index (κ2) is 7.32. The maximum Gasteiger partial charge on any atom is 0.253 e. The van der Waals surface area contributed by atoms with Crippen LogP contribution in [0.4, 0.5) is 4.39 Å². The molecule has 2 aromatic rings. The van der Waals surface area contributed by atoms with Crippen molar-refractivity contribution in [3.8, 4) is 5.69 Å². The summed E-state index contributed by atoms with van der Waals surface area (Å²) < 4.78 is 16.0. The zero-order chi connectivity index (χ0) is 16.6. The van der Waals surface area contributed by atoms with Crippen LogP contribution in [0.2, 0.25) is 0 Å². The Bertz CT molecular complexity index is 738. The lowest BCUT2D eigenvalue weighted by Crippen LogP contribution is -2.42. The van der Waals surface area contributed by atoms with Crippen molar-refractivity contribution < 1.29 is 9.18 Å². The highest BCUT2D eigenvalue weighted by atomic mass is 35.5. The van der Waals surface area contributed by atoms with E-state index in [-0.39, 0.29) is 24.4 Å². The lowest BCUT2D eigenvalue weighted by Gasteiger charge is -2.30. The van der Waals surface area contributed by atoms with Crippen LogP contribution in [0.5, 0.6) is 0 Å². The number of hydrogen-bond acceptors (Lipinski definition) is 3. The van der Waals surface area contributed by atoms with Crippen molar-refractivity contribution in [3.63, 3.8) is 0 Å². The van der Waals surface area contributed by atoms with Crippen LogP contribution in [0.1, 0.15) is 34.6 Å². The predicted molar refractivity (Wildman–Crippen MR) is 93.4 cm³/mol. The maximum absolute atomic E-state index is 14.5. The molecule has 1 aliphatic rings. The topological polar surface area (TPSA) is 64.2 Å². The van der Waals surface area contributed by atoms with Gasteiger partial charge in [0.05, 0.1) is 5.69 Å². The van der Waals surface area contributed by atoms with Crippen LogP contribution in [0.3, 0.4) is 0 Å². The van der Waals surface area contributed by atoms with Crippen LogP contribution >= 0.6 is 12.4 Å². The van der Waals surface area contributed by atoms with Crippen LogP contribution in [-0.2, 0) is 0 Å². The molecule has 1 aliphatic heterocycles. The van der Waals surface area contributed by atoms with E-state index < -0.39 is 5.82 Å². The monoisotopic (exact) mass is 352 g/mol. The van der Waals surface area contributed by atoms with E-state index in [2.05, 4.69) is 5.10 Å². The summed E-state index contributed by atoms with van der Waals surface area (Å²) in [5.41, 5.74) is 8.25. The van der Waals surface area contributed by atoms with Crippen molar-refractivity contribution in [2.24, 2.45) is 5.73 Å². The second-order valence-corrected chi connectivity index (χ2v) is 6.13. The molecule has 0 spiro atoms. The van der Waals surface area contributed by atoms with E-state index >= 15 is 0 Å². The number of carbonyl (C=O) groups is 1. The van der Waals surface area contributed by atoms with Gasteiger partial charge in [0.1, 0.15) is 11.5 Å². The molecule has 24 heavy (non-hydrogen) atoms. The molecule has 3 rings (SSSR count). The Morgan fingerprint density at radius 1 is 1.25 bits per heavy atom. The Hall–Kier alpha value is -1.92. The molecule has 5 nitrogen and oxygen atoms in total. The fourth-order valence-corrected chi connectivity index (χ4v) is 2.97. The van der Waals surface area contributed by atoms with E-state index in [4.69, 9.17) is 5.73 Å². The number of nitrogens with zero attached hydrogens (tertiary/aromatic N) is 3. The zero-order valence-electron chi connectivity index (χ0n) is 13.8. The molecule has 1 fully saturated rings. The van der Waals surface area contributed by atoms with E-state index in [0.29, 0.717) is 24.3 Å². The Kier molecular flexibility index (Phi) is 5.62. The van der Waals surface area contributed by atoms with Crippen LogP contribution in [0.15, 0.2) is 24.3 Å². The first-order valence-electron chi connectivity index (χ1n) is 7.84. The SMILES string of the molecule is Cc1cc(C)n(-c2ccc(C(=O)N3CCC(N)CC3)cc2F)n1.Cl. The van der Waals surface area contributed by atoms with Gasteiger partial charge in [0.25, 0.3) is 5.91 Å². The molecule has 1 aromatic heterocycles. The van der Waals surface area contributed by atoms with Crippen LogP contribution in [0, 0.1) is 19.7 Å². The number of piperidine rings is 1. The molecule has 1 aromatic carbocycles. The van der Waals surface area contributed by atoms with Gasteiger partial charge in [-0.3, -0.25) is 4.79 Å². The summed E-state index contributed by atoms with van der Waals surface area (Å²) in [6.07, 6.45) is 1.58. The second-order valence-electron chi connectivity index (χ2n) is 6.13. The van der Waals surface area contributed by atoms with Gasteiger partial charge in [0.15, 0.2) is 0 Å². The highest BCUT2D eigenvalue weighted by molar-refractivity contribution is 5.94. The molecule has 0 atom stereocenters. The van der Waals surface area contributed by atoms with Gasteiger partial charge in [0, 0.05) is 30.4 Å². The number of benzene rings is 1. The molecule has 2 N–H and O–H groups in total. The van der Waals surface area contributed by atoms with E-state index in [1.165, 1.54) is 6.07 Å². The fourth-order valence-electron chi connectivity index (χ4n) is 2.97. The predicted octanol–water partition coefficient (Wildman–Crippen LogP) is 2.61. The molecule has 0 aliphatic carbocycles. The summed E-state index contributed by atoms with van der Waals surface area (Å²) in [5, 5.41) is 4.28. The standard InChI is InChI=1S/C17H21FN4O.ClH/c1-11-9-12(2)22(20-11)16-4-3-13(10-15(16)18)17(23)21-7-5-14(19)6-8-21;/h3-4,9-10,14H,5-8,19H2,1-2H3;1H. The minimum absolute atomic E-state index is 0. The van der Waals surface area contributed by atoms with Crippen molar-refractivity contribution in [3.05, 3.63) is 47.0 Å². The number of nitrogens with two attached hydrogens (primary N) is 1. The van der Waals surface area contributed by atoms with Crippen molar-refractivity contribution in [1.82, 2.24) is 14.7 Å². The van der Waals surface area contributed by atoms with Gasteiger partial charge < -0.3 is 10.6 Å². The largest absolute Gasteiger partial charge is 0.339 e. The normalized spacial score (nSPS) is 15.2. The van der Waals surface area contributed by atoms with Gasteiger partial charge in [0.2, 0.25) is 0 Å². The first-order valence-corrected chi connectivity index (χ1v) is 7.84. The van der Waals surface area contributed by atoms with E-state index in [1.54, 1.807) is 21.7 Å². The highest BCUT2D eigenvalue weighted by Gasteiger charge is 2.22. The summed E-state index contributed by atoms with van der Waals surface area (Å²) in [6.45, 7) is 4.98. The molecule has 130 valence electrons. The molecule has 0 saturated carbocycles.